The first-order valence-corrected chi connectivity index (χ1v) is 3.65. The lowest BCUT2D eigenvalue weighted by atomic mass is 10.3. The molecular weight excluding hydrogens is 180 g/mol. The molecule has 64 valence electrons. The van der Waals surface area contributed by atoms with Gasteiger partial charge in [0.2, 0.25) is 0 Å². The number of nitrogens with one attached hydrogen (secondary N) is 1. The van der Waals surface area contributed by atoms with Crippen LogP contribution >= 0.6 is 11.6 Å². The van der Waals surface area contributed by atoms with Crippen LogP contribution in [0.2, 0.25) is 0 Å². The summed E-state index contributed by atoms with van der Waals surface area (Å²) < 4.78 is 1.27. The minimum atomic E-state index is -0.438. The maximum Gasteiger partial charge on any atom is 0.328 e. The van der Waals surface area contributed by atoms with Gasteiger partial charge in [-0.25, -0.2) is 4.79 Å². The molecule has 0 aliphatic rings. The maximum atomic E-state index is 11.0. The lowest BCUT2D eigenvalue weighted by molar-refractivity contribution is 0.796. The SMILES string of the molecule is Cn1cc(/C=C/Cl)c(=O)[nH]c1=O. The van der Waals surface area contributed by atoms with Gasteiger partial charge in [0.25, 0.3) is 5.56 Å². The zero-order chi connectivity index (χ0) is 9.14. The van der Waals surface area contributed by atoms with E-state index in [4.69, 9.17) is 11.6 Å². The first kappa shape index (κ1) is 8.80. The van der Waals surface area contributed by atoms with E-state index in [9.17, 15) is 9.59 Å². The van der Waals surface area contributed by atoms with Crippen molar-refractivity contribution in [1.29, 1.82) is 0 Å². The number of hydrogen-bond acceptors (Lipinski definition) is 2. The van der Waals surface area contributed by atoms with Gasteiger partial charge in [-0.3, -0.25) is 9.78 Å². The van der Waals surface area contributed by atoms with E-state index in [1.54, 1.807) is 7.05 Å². The van der Waals surface area contributed by atoms with Gasteiger partial charge in [0, 0.05) is 18.8 Å². The molecule has 0 aromatic carbocycles. The fourth-order valence-electron chi connectivity index (χ4n) is 0.770. The molecule has 0 saturated heterocycles. The van der Waals surface area contributed by atoms with Crippen LogP contribution in [0, 0.1) is 0 Å². The van der Waals surface area contributed by atoms with E-state index >= 15 is 0 Å². The zero-order valence-corrected chi connectivity index (χ0v) is 7.13. The Morgan fingerprint density at radius 2 is 2.25 bits per heavy atom. The summed E-state index contributed by atoms with van der Waals surface area (Å²) in [6, 6.07) is 0. The Hall–Kier alpha value is -1.29. The van der Waals surface area contributed by atoms with Crippen LogP contribution in [0.25, 0.3) is 6.08 Å². The predicted molar refractivity (Wildman–Crippen MR) is 47.2 cm³/mol. The van der Waals surface area contributed by atoms with E-state index in [2.05, 4.69) is 4.98 Å². The Kier molecular flexibility index (Phi) is 2.50. The van der Waals surface area contributed by atoms with Crippen molar-refractivity contribution in [2.24, 2.45) is 7.05 Å². The van der Waals surface area contributed by atoms with Crippen molar-refractivity contribution >= 4 is 17.7 Å². The van der Waals surface area contributed by atoms with E-state index in [0.29, 0.717) is 5.56 Å². The molecule has 1 aromatic rings. The summed E-state index contributed by atoms with van der Waals surface area (Å²) in [5, 5.41) is 0. The monoisotopic (exact) mass is 186 g/mol. The molecule has 0 saturated carbocycles. The van der Waals surface area contributed by atoms with Gasteiger partial charge in [-0.15, -0.1) is 0 Å². The first-order chi connectivity index (χ1) is 5.65. The van der Waals surface area contributed by atoms with Gasteiger partial charge in [0.1, 0.15) is 0 Å². The van der Waals surface area contributed by atoms with Gasteiger partial charge in [-0.2, -0.15) is 0 Å². The number of H-pyrrole nitrogens is 1. The lowest BCUT2D eigenvalue weighted by Gasteiger charge is -1.95. The summed E-state index contributed by atoms with van der Waals surface area (Å²) in [7, 11) is 1.55. The zero-order valence-electron chi connectivity index (χ0n) is 6.37. The topological polar surface area (TPSA) is 54.9 Å². The molecule has 0 aliphatic heterocycles. The van der Waals surface area contributed by atoms with Crippen LogP contribution in [0.1, 0.15) is 5.56 Å². The van der Waals surface area contributed by atoms with Crippen molar-refractivity contribution in [3.8, 4) is 0 Å². The average Bonchev–Trinajstić information content (AvgIpc) is 2.01. The van der Waals surface area contributed by atoms with Crippen LogP contribution < -0.4 is 11.2 Å². The van der Waals surface area contributed by atoms with Crippen molar-refractivity contribution in [3.05, 3.63) is 38.1 Å². The number of aryl methyl sites for hydroxylation is 1. The van der Waals surface area contributed by atoms with Gasteiger partial charge in [0.15, 0.2) is 0 Å². The highest BCUT2D eigenvalue weighted by atomic mass is 35.5. The van der Waals surface area contributed by atoms with Crippen LogP contribution in [-0.4, -0.2) is 9.55 Å². The first-order valence-electron chi connectivity index (χ1n) is 3.22. The van der Waals surface area contributed by atoms with Gasteiger partial charge < -0.3 is 4.57 Å². The minimum absolute atomic E-state index is 0.354. The van der Waals surface area contributed by atoms with Gasteiger partial charge in [0.05, 0.1) is 5.56 Å². The normalized spacial score (nSPS) is 10.8. The standard InChI is InChI=1S/C7H7ClN2O2/c1-10-4-5(2-3-8)6(11)9-7(10)12/h2-4H,1H3,(H,9,11,12)/b3-2+. The molecular formula is C7H7ClN2O2. The Bertz CT molecular complexity index is 416. The average molecular weight is 187 g/mol. The number of halogens is 1. The van der Waals surface area contributed by atoms with E-state index < -0.39 is 11.2 Å². The number of aromatic nitrogens is 2. The highest BCUT2D eigenvalue weighted by Crippen LogP contribution is 1.91. The van der Waals surface area contributed by atoms with Crippen molar-refractivity contribution in [2.75, 3.05) is 0 Å². The maximum absolute atomic E-state index is 11.0. The predicted octanol–water partition coefficient (Wildman–Crippen LogP) is 0.283. The van der Waals surface area contributed by atoms with Crippen LogP contribution in [0.5, 0.6) is 0 Å². The molecule has 1 aromatic heterocycles. The van der Waals surface area contributed by atoms with Crippen LogP contribution in [0.15, 0.2) is 21.3 Å². The van der Waals surface area contributed by atoms with Crippen molar-refractivity contribution in [1.82, 2.24) is 9.55 Å². The van der Waals surface area contributed by atoms with Gasteiger partial charge in [-0.05, 0) is 6.08 Å². The Morgan fingerprint density at radius 3 is 2.83 bits per heavy atom. The number of rotatable bonds is 1. The highest BCUT2D eigenvalue weighted by Gasteiger charge is 1.96. The molecule has 4 nitrogen and oxygen atoms in total. The van der Waals surface area contributed by atoms with E-state index in [0.717, 1.165) is 0 Å². The van der Waals surface area contributed by atoms with Gasteiger partial charge >= 0.3 is 5.69 Å². The molecule has 5 heteroatoms. The third-order valence-corrected chi connectivity index (χ3v) is 1.50. The molecule has 12 heavy (non-hydrogen) atoms. The third kappa shape index (κ3) is 1.65. The quantitative estimate of drug-likeness (QED) is 0.685. The van der Waals surface area contributed by atoms with E-state index in [1.165, 1.54) is 22.4 Å². The van der Waals surface area contributed by atoms with E-state index in [1.807, 2.05) is 0 Å². The fraction of sp³-hybridized carbons (Fsp3) is 0.143. The molecule has 0 amide bonds. The van der Waals surface area contributed by atoms with E-state index in [-0.39, 0.29) is 0 Å². The lowest BCUT2D eigenvalue weighted by Crippen LogP contribution is -2.28. The Labute approximate surface area is 73.1 Å². The molecule has 0 atom stereocenters. The Balaban J connectivity index is 3.43. The summed E-state index contributed by atoms with van der Waals surface area (Å²) in [5.74, 6) is 0. The molecule has 0 unspecified atom stereocenters. The summed E-state index contributed by atoms with van der Waals surface area (Å²) in [6.07, 6.45) is 2.83. The van der Waals surface area contributed by atoms with Crippen molar-refractivity contribution in [3.63, 3.8) is 0 Å². The number of nitrogens with zero attached hydrogens (tertiary/aromatic N) is 1. The molecule has 0 fully saturated rings. The summed E-state index contributed by atoms with van der Waals surface area (Å²) in [6.45, 7) is 0. The summed E-state index contributed by atoms with van der Waals surface area (Å²) in [5.41, 5.74) is 0.698. The third-order valence-electron chi connectivity index (χ3n) is 1.38. The Morgan fingerprint density at radius 1 is 1.58 bits per heavy atom. The largest absolute Gasteiger partial charge is 0.328 e. The molecule has 0 bridgehead atoms. The van der Waals surface area contributed by atoms with Crippen LogP contribution in [-0.2, 0) is 7.05 Å². The van der Waals surface area contributed by atoms with Crippen LogP contribution in [0.3, 0.4) is 0 Å². The highest BCUT2D eigenvalue weighted by molar-refractivity contribution is 6.27. The smallest absolute Gasteiger partial charge is 0.303 e. The fourth-order valence-corrected chi connectivity index (χ4v) is 0.906. The van der Waals surface area contributed by atoms with Crippen molar-refractivity contribution in [2.45, 2.75) is 0 Å². The second kappa shape index (κ2) is 3.40. The summed E-state index contributed by atoms with van der Waals surface area (Å²) >= 11 is 5.28. The van der Waals surface area contributed by atoms with Gasteiger partial charge in [-0.1, -0.05) is 11.6 Å². The second-order valence-electron chi connectivity index (χ2n) is 2.25. The molecule has 0 spiro atoms. The van der Waals surface area contributed by atoms with Crippen LogP contribution in [0.4, 0.5) is 0 Å². The minimum Gasteiger partial charge on any atom is -0.303 e. The molecule has 1 rings (SSSR count). The number of hydrogen-bond donors (Lipinski definition) is 1. The second-order valence-corrected chi connectivity index (χ2v) is 2.50. The molecule has 0 aliphatic carbocycles. The van der Waals surface area contributed by atoms with Crippen molar-refractivity contribution < 1.29 is 0 Å². The summed E-state index contributed by atoms with van der Waals surface area (Å²) in [4.78, 5) is 24.0. The molecule has 1 N–H and O–H groups in total. The molecule has 0 radical (unpaired) electrons. The molecule has 1 heterocycles. The number of aromatic amines is 1.